The highest BCUT2D eigenvalue weighted by atomic mass is 32.1. The molecule has 156 valence electrons. The summed E-state index contributed by atoms with van der Waals surface area (Å²) in [6.07, 6.45) is 3.11. The van der Waals surface area contributed by atoms with Crippen LogP contribution in [0.15, 0.2) is 72.8 Å². The second kappa shape index (κ2) is 8.86. The molecule has 31 heavy (non-hydrogen) atoms. The zero-order valence-corrected chi connectivity index (χ0v) is 18.0. The Balaban J connectivity index is 1.15. The number of fused-ring (bicyclic) bond motifs is 1. The number of amides is 2. The van der Waals surface area contributed by atoms with Crippen LogP contribution in [0.1, 0.15) is 18.4 Å². The number of urea groups is 1. The van der Waals surface area contributed by atoms with Gasteiger partial charge in [-0.05, 0) is 41.5 Å². The topological polar surface area (TPSA) is 58.1 Å². The number of likely N-dealkylation sites (tertiary alicyclic amines) is 1. The summed E-state index contributed by atoms with van der Waals surface area (Å²) >= 11 is 1.22. The van der Waals surface area contributed by atoms with Crippen LogP contribution in [0, 0.1) is 5.92 Å². The van der Waals surface area contributed by atoms with Crippen molar-refractivity contribution in [3.05, 3.63) is 78.4 Å². The third-order valence-corrected chi connectivity index (χ3v) is 6.54. The summed E-state index contributed by atoms with van der Waals surface area (Å²) in [7, 11) is 0. The fourth-order valence-electron chi connectivity index (χ4n) is 4.19. The zero-order valence-electron chi connectivity index (χ0n) is 17.2. The van der Waals surface area contributed by atoms with Gasteiger partial charge < -0.3 is 4.90 Å². The van der Waals surface area contributed by atoms with Crippen LogP contribution in [0.25, 0.3) is 22.2 Å². The van der Waals surface area contributed by atoms with Crippen molar-refractivity contribution in [2.45, 2.75) is 19.3 Å². The lowest BCUT2D eigenvalue weighted by Crippen LogP contribution is -2.41. The van der Waals surface area contributed by atoms with Gasteiger partial charge in [-0.3, -0.25) is 5.32 Å². The number of benzene rings is 3. The molecule has 1 aliphatic rings. The van der Waals surface area contributed by atoms with Crippen molar-refractivity contribution in [3.63, 3.8) is 0 Å². The molecular weight excluding hydrogens is 404 g/mol. The van der Waals surface area contributed by atoms with E-state index >= 15 is 0 Å². The molecule has 0 unspecified atom stereocenters. The van der Waals surface area contributed by atoms with Gasteiger partial charge in [0, 0.05) is 30.2 Å². The van der Waals surface area contributed by atoms with Gasteiger partial charge in [-0.15, -0.1) is 0 Å². The summed E-state index contributed by atoms with van der Waals surface area (Å²) in [4.78, 5) is 19.0. The highest BCUT2D eigenvalue weighted by Crippen LogP contribution is 2.25. The van der Waals surface area contributed by atoms with E-state index < -0.39 is 0 Å². The van der Waals surface area contributed by atoms with Crippen LogP contribution in [-0.4, -0.2) is 33.4 Å². The Labute approximate surface area is 185 Å². The fraction of sp³-hybridized carbons (Fsp3) is 0.240. The molecule has 0 bridgehead atoms. The van der Waals surface area contributed by atoms with Crippen molar-refractivity contribution in [2.75, 3.05) is 18.4 Å². The van der Waals surface area contributed by atoms with Gasteiger partial charge in [0.05, 0.1) is 0 Å². The Morgan fingerprint density at radius 2 is 1.71 bits per heavy atom. The van der Waals surface area contributed by atoms with Crippen molar-refractivity contribution in [1.29, 1.82) is 0 Å². The summed E-state index contributed by atoms with van der Waals surface area (Å²) < 4.78 is 4.36. The van der Waals surface area contributed by atoms with E-state index in [2.05, 4.69) is 57.1 Å². The molecule has 0 atom stereocenters. The molecule has 0 aliphatic carbocycles. The average molecular weight is 429 g/mol. The van der Waals surface area contributed by atoms with Crippen molar-refractivity contribution in [1.82, 2.24) is 14.3 Å². The number of nitrogens with zero attached hydrogens (tertiary/aromatic N) is 3. The van der Waals surface area contributed by atoms with Crippen LogP contribution in [0.4, 0.5) is 9.93 Å². The van der Waals surface area contributed by atoms with E-state index in [-0.39, 0.29) is 6.03 Å². The number of carbonyl (C=O) groups excluding carboxylic acids is 1. The number of hydrogen-bond acceptors (Lipinski definition) is 4. The Morgan fingerprint density at radius 3 is 2.52 bits per heavy atom. The molecule has 1 aromatic heterocycles. The maximum absolute atomic E-state index is 12.7. The number of aromatic nitrogens is 2. The molecule has 0 spiro atoms. The third-order valence-electron chi connectivity index (χ3n) is 5.91. The van der Waals surface area contributed by atoms with E-state index in [1.807, 2.05) is 35.2 Å². The van der Waals surface area contributed by atoms with Crippen molar-refractivity contribution < 1.29 is 4.79 Å². The first-order valence-corrected chi connectivity index (χ1v) is 11.4. The summed E-state index contributed by atoms with van der Waals surface area (Å²) in [6, 6.07) is 24.9. The van der Waals surface area contributed by atoms with Gasteiger partial charge in [0.15, 0.2) is 5.82 Å². The van der Waals surface area contributed by atoms with Crippen molar-refractivity contribution >= 4 is 33.5 Å². The molecular formula is C25H24N4OS. The lowest BCUT2D eigenvalue weighted by atomic mass is 9.89. The number of nitrogens with one attached hydrogen (secondary N) is 1. The standard InChI is InChI=1S/C25H24N4OS/c30-25(27-24-26-23(28-31-24)21-7-2-1-3-8-21)29-14-12-18(13-15-29)16-19-10-11-20-6-4-5-9-22(20)17-19/h1-11,17-18H,12-16H2,(H,26,27,28,30). The number of hydrogen-bond donors (Lipinski definition) is 1. The first kappa shape index (κ1) is 19.7. The Morgan fingerprint density at radius 1 is 0.968 bits per heavy atom. The van der Waals surface area contributed by atoms with Crippen molar-refractivity contribution in [3.8, 4) is 11.4 Å². The van der Waals surface area contributed by atoms with Crippen LogP contribution in [0.5, 0.6) is 0 Å². The Bertz CT molecular complexity index is 1180. The van der Waals surface area contributed by atoms with Crippen molar-refractivity contribution in [2.24, 2.45) is 5.92 Å². The minimum absolute atomic E-state index is 0.0834. The molecule has 0 radical (unpaired) electrons. The van der Waals surface area contributed by atoms with Gasteiger partial charge in [-0.25, -0.2) is 4.79 Å². The fourth-order valence-corrected chi connectivity index (χ4v) is 4.77. The second-order valence-electron chi connectivity index (χ2n) is 8.04. The maximum atomic E-state index is 12.7. The van der Waals surface area contributed by atoms with Gasteiger partial charge in [-0.2, -0.15) is 9.36 Å². The summed E-state index contributed by atoms with van der Waals surface area (Å²) in [5.74, 6) is 1.26. The SMILES string of the molecule is O=C(Nc1nc(-c2ccccc2)ns1)N1CCC(Cc2ccc3ccccc3c2)CC1. The minimum Gasteiger partial charge on any atom is -0.324 e. The number of rotatable bonds is 4. The molecule has 5 rings (SSSR count). The Hall–Kier alpha value is -3.25. The third kappa shape index (κ3) is 4.59. The van der Waals surface area contributed by atoms with Crippen LogP contribution in [0.2, 0.25) is 0 Å². The molecule has 1 fully saturated rings. The van der Waals surface area contributed by atoms with Crippen LogP contribution in [0.3, 0.4) is 0 Å². The van der Waals surface area contributed by atoms with Crippen LogP contribution in [-0.2, 0) is 6.42 Å². The van der Waals surface area contributed by atoms with E-state index in [1.165, 1.54) is 27.9 Å². The molecule has 4 aromatic rings. The van der Waals surface area contributed by atoms with E-state index in [1.54, 1.807) is 0 Å². The van der Waals surface area contributed by atoms with Gasteiger partial charge in [0.2, 0.25) is 5.13 Å². The van der Waals surface area contributed by atoms with Gasteiger partial charge in [0.25, 0.3) is 0 Å². The molecule has 6 heteroatoms. The van der Waals surface area contributed by atoms with Crippen LogP contribution >= 0.6 is 11.5 Å². The molecule has 5 nitrogen and oxygen atoms in total. The van der Waals surface area contributed by atoms with Gasteiger partial charge in [0.1, 0.15) is 0 Å². The molecule has 1 aliphatic heterocycles. The number of anilines is 1. The highest BCUT2D eigenvalue weighted by Gasteiger charge is 2.24. The predicted octanol–water partition coefficient (Wildman–Crippen LogP) is 5.84. The Kier molecular flexibility index (Phi) is 5.63. The molecule has 0 saturated carbocycles. The molecule has 1 N–H and O–H groups in total. The summed E-state index contributed by atoms with van der Waals surface area (Å²) in [5, 5.41) is 6.04. The second-order valence-corrected chi connectivity index (χ2v) is 8.79. The lowest BCUT2D eigenvalue weighted by molar-refractivity contribution is 0.182. The van der Waals surface area contributed by atoms with Crippen LogP contribution < -0.4 is 5.32 Å². The number of carbonyl (C=O) groups is 1. The summed E-state index contributed by atoms with van der Waals surface area (Å²) in [6.45, 7) is 1.54. The first-order valence-electron chi connectivity index (χ1n) is 10.7. The first-order chi connectivity index (χ1) is 15.2. The van der Waals surface area contributed by atoms with E-state index in [0.717, 1.165) is 37.9 Å². The normalized spacial score (nSPS) is 14.6. The summed E-state index contributed by atoms with van der Waals surface area (Å²) in [5.41, 5.74) is 2.33. The quantitative estimate of drug-likeness (QED) is 0.444. The number of piperidine rings is 1. The minimum atomic E-state index is -0.0834. The monoisotopic (exact) mass is 428 g/mol. The molecule has 1 saturated heterocycles. The zero-order chi connectivity index (χ0) is 21.0. The van der Waals surface area contributed by atoms with Gasteiger partial charge in [-0.1, -0.05) is 72.8 Å². The smallest absolute Gasteiger partial charge is 0.323 e. The molecule has 2 heterocycles. The van der Waals surface area contributed by atoms with E-state index in [4.69, 9.17) is 0 Å². The van der Waals surface area contributed by atoms with Gasteiger partial charge >= 0.3 is 6.03 Å². The maximum Gasteiger partial charge on any atom is 0.323 e. The largest absolute Gasteiger partial charge is 0.324 e. The predicted molar refractivity (Wildman–Crippen MR) is 126 cm³/mol. The highest BCUT2D eigenvalue weighted by molar-refractivity contribution is 7.10. The lowest BCUT2D eigenvalue weighted by Gasteiger charge is -2.31. The average Bonchev–Trinajstić information content (AvgIpc) is 3.28. The van der Waals surface area contributed by atoms with E-state index in [0.29, 0.717) is 16.9 Å². The molecule has 3 aromatic carbocycles. The molecule has 2 amide bonds. The van der Waals surface area contributed by atoms with E-state index in [9.17, 15) is 4.79 Å².